The predicted molar refractivity (Wildman–Crippen MR) is 26.5 cm³/mol. The largest absolute Gasteiger partial charge is 0.368 e. The summed E-state index contributed by atoms with van der Waals surface area (Å²) in [5, 5.41) is 0. The van der Waals surface area contributed by atoms with Gasteiger partial charge in [0.2, 0.25) is 0 Å². The van der Waals surface area contributed by atoms with Gasteiger partial charge in [-0.05, 0) is 12.1 Å². The standard InChI is InChI=1S/C4H5N.K/c1-2-4-5-3-1;/h1-5H;. The topological polar surface area (TPSA) is 15.8 Å². The molecule has 0 spiro atoms. The molecule has 6 heavy (non-hydrogen) atoms. The van der Waals surface area contributed by atoms with Gasteiger partial charge in [-0.1, -0.05) is 0 Å². The van der Waals surface area contributed by atoms with E-state index in [-0.39, 0.29) is 51.4 Å². The Morgan fingerprint density at radius 1 is 1.00 bits per heavy atom. The summed E-state index contributed by atoms with van der Waals surface area (Å²) in [6.45, 7) is 0. The van der Waals surface area contributed by atoms with Gasteiger partial charge in [0.25, 0.3) is 0 Å². The first-order valence-electron chi connectivity index (χ1n) is 1.58. The van der Waals surface area contributed by atoms with E-state index in [0.717, 1.165) is 0 Å². The van der Waals surface area contributed by atoms with Crippen molar-refractivity contribution in [2.45, 2.75) is 0 Å². The zero-order valence-corrected chi connectivity index (χ0v) is 6.93. The minimum absolute atomic E-state index is 0. The smallest absolute Gasteiger partial charge is 0.000496 e. The van der Waals surface area contributed by atoms with Crippen LogP contribution in [-0.4, -0.2) is 56.4 Å². The van der Waals surface area contributed by atoms with Crippen molar-refractivity contribution in [1.29, 1.82) is 0 Å². The molecule has 0 atom stereocenters. The summed E-state index contributed by atoms with van der Waals surface area (Å²) in [7, 11) is 0. The summed E-state index contributed by atoms with van der Waals surface area (Å²) in [6, 6.07) is 3.89. The van der Waals surface area contributed by atoms with Crippen molar-refractivity contribution in [3.8, 4) is 0 Å². The van der Waals surface area contributed by atoms with Crippen molar-refractivity contribution in [2.75, 3.05) is 0 Å². The number of hydrogen-bond donors (Lipinski definition) is 1. The second-order valence-corrected chi connectivity index (χ2v) is 0.885. The van der Waals surface area contributed by atoms with Crippen LogP contribution in [0.1, 0.15) is 0 Å². The maximum Gasteiger partial charge on any atom is 0.000496 e. The number of rotatable bonds is 0. The maximum atomic E-state index is 2.86. The molecule has 0 aliphatic rings. The summed E-state index contributed by atoms with van der Waals surface area (Å²) >= 11 is 0. The minimum Gasteiger partial charge on any atom is -0.368 e. The first-order valence-corrected chi connectivity index (χ1v) is 1.58. The van der Waals surface area contributed by atoms with E-state index in [1.165, 1.54) is 0 Å². The van der Waals surface area contributed by atoms with Crippen LogP contribution in [0.2, 0.25) is 0 Å². The van der Waals surface area contributed by atoms with E-state index in [4.69, 9.17) is 0 Å². The van der Waals surface area contributed by atoms with Gasteiger partial charge < -0.3 is 4.98 Å². The van der Waals surface area contributed by atoms with Crippen LogP contribution in [0.5, 0.6) is 0 Å². The summed E-state index contributed by atoms with van der Waals surface area (Å²) in [6.07, 6.45) is 3.75. The molecule has 1 radical (unpaired) electrons. The van der Waals surface area contributed by atoms with Crippen LogP contribution in [0.4, 0.5) is 0 Å². The molecule has 0 aliphatic carbocycles. The van der Waals surface area contributed by atoms with Gasteiger partial charge in [-0.3, -0.25) is 0 Å². The van der Waals surface area contributed by atoms with Crippen molar-refractivity contribution in [2.24, 2.45) is 0 Å². The zero-order valence-electron chi connectivity index (χ0n) is 3.81. The zero-order chi connectivity index (χ0) is 3.54. The molecule has 27 valence electrons. The number of aromatic amines is 1. The Bertz CT molecular complexity index is 64.0. The molecular formula is C4H5KN. The van der Waals surface area contributed by atoms with Crippen molar-refractivity contribution in [3.63, 3.8) is 0 Å². The van der Waals surface area contributed by atoms with Crippen LogP contribution >= 0.6 is 0 Å². The predicted octanol–water partition coefficient (Wildman–Crippen LogP) is 0.634. The van der Waals surface area contributed by atoms with Crippen LogP contribution in [0, 0.1) is 0 Å². The number of aromatic nitrogens is 1. The molecule has 0 aromatic carbocycles. The minimum atomic E-state index is 0. The van der Waals surface area contributed by atoms with Gasteiger partial charge in [0.05, 0.1) is 0 Å². The number of H-pyrrole nitrogens is 1. The second-order valence-electron chi connectivity index (χ2n) is 0.885. The Hall–Kier alpha value is 0.916. The molecule has 0 saturated heterocycles. The van der Waals surface area contributed by atoms with E-state index in [9.17, 15) is 0 Å². The Morgan fingerprint density at radius 2 is 1.50 bits per heavy atom. The molecule has 0 fully saturated rings. The Balaban J connectivity index is 0.000000250. The quantitative estimate of drug-likeness (QED) is 0.467. The third-order valence-electron chi connectivity index (χ3n) is 0.496. The number of hydrogen-bond acceptors (Lipinski definition) is 0. The van der Waals surface area contributed by atoms with Crippen molar-refractivity contribution < 1.29 is 0 Å². The van der Waals surface area contributed by atoms with Gasteiger partial charge >= 0.3 is 0 Å². The monoisotopic (exact) mass is 106 g/mol. The molecule has 1 aromatic heterocycles. The van der Waals surface area contributed by atoms with Gasteiger partial charge in [0.1, 0.15) is 0 Å². The van der Waals surface area contributed by atoms with Crippen LogP contribution in [-0.2, 0) is 0 Å². The molecule has 0 bridgehead atoms. The summed E-state index contributed by atoms with van der Waals surface area (Å²) in [4.78, 5) is 2.86. The van der Waals surface area contributed by atoms with Gasteiger partial charge in [0.15, 0.2) is 0 Å². The molecule has 1 aromatic rings. The third kappa shape index (κ3) is 2.15. The van der Waals surface area contributed by atoms with E-state index in [2.05, 4.69) is 4.98 Å². The van der Waals surface area contributed by atoms with E-state index < -0.39 is 0 Å². The molecule has 2 heteroatoms. The van der Waals surface area contributed by atoms with Crippen LogP contribution < -0.4 is 0 Å². The SMILES string of the molecule is [K].c1cc[nH]c1. The molecule has 0 amide bonds. The van der Waals surface area contributed by atoms with Crippen LogP contribution in [0.25, 0.3) is 0 Å². The van der Waals surface area contributed by atoms with Crippen molar-refractivity contribution in [3.05, 3.63) is 24.5 Å². The van der Waals surface area contributed by atoms with Crippen LogP contribution in [0.15, 0.2) is 24.5 Å². The Kier molecular flexibility index (Phi) is 4.71. The van der Waals surface area contributed by atoms with E-state index in [1.807, 2.05) is 24.5 Å². The Morgan fingerprint density at radius 3 is 1.67 bits per heavy atom. The molecule has 0 saturated carbocycles. The van der Waals surface area contributed by atoms with E-state index in [0.29, 0.717) is 0 Å². The third-order valence-corrected chi connectivity index (χ3v) is 0.496. The Labute approximate surface area is 79.6 Å². The first kappa shape index (κ1) is 6.92. The first-order chi connectivity index (χ1) is 2.50. The molecule has 1 heterocycles. The van der Waals surface area contributed by atoms with E-state index in [1.54, 1.807) is 0 Å². The van der Waals surface area contributed by atoms with E-state index >= 15 is 0 Å². The average Bonchev–Trinajstić information content (AvgIpc) is 1.76. The molecule has 1 rings (SSSR count). The normalized spacial score (nSPS) is 6.67. The van der Waals surface area contributed by atoms with Gasteiger partial charge in [-0.15, -0.1) is 0 Å². The van der Waals surface area contributed by atoms with Crippen LogP contribution in [0.3, 0.4) is 0 Å². The molecule has 0 unspecified atom stereocenters. The second kappa shape index (κ2) is 4.09. The van der Waals surface area contributed by atoms with Crippen molar-refractivity contribution in [1.82, 2.24) is 4.98 Å². The van der Waals surface area contributed by atoms with Gasteiger partial charge in [-0.2, -0.15) is 0 Å². The summed E-state index contributed by atoms with van der Waals surface area (Å²) in [5.41, 5.74) is 0. The van der Waals surface area contributed by atoms with Gasteiger partial charge in [-0.25, -0.2) is 0 Å². The molecule has 0 aliphatic heterocycles. The summed E-state index contributed by atoms with van der Waals surface area (Å²) < 4.78 is 0. The maximum absolute atomic E-state index is 2.86. The molecule has 1 N–H and O–H groups in total. The number of nitrogens with one attached hydrogen (secondary N) is 1. The fourth-order valence-corrected chi connectivity index (χ4v) is 0.278. The fourth-order valence-electron chi connectivity index (χ4n) is 0.278. The van der Waals surface area contributed by atoms with Crippen molar-refractivity contribution >= 4 is 51.4 Å². The molecule has 1 nitrogen and oxygen atoms in total. The summed E-state index contributed by atoms with van der Waals surface area (Å²) in [5.74, 6) is 0. The molecular weight excluding hydrogens is 101 g/mol. The fraction of sp³-hybridized carbons (Fsp3) is 0. The average molecular weight is 106 g/mol. The van der Waals surface area contributed by atoms with Gasteiger partial charge in [0, 0.05) is 63.8 Å².